The minimum absolute atomic E-state index is 0.164. The molecule has 1 unspecified atom stereocenters. The molecule has 1 aliphatic rings. The maximum absolute atomic E-state index is 12.4. The zero-order chi connectivity index (χ0) is 19.6. The topological polar surface area (TPSA) is 93.2 Å². The Morgan fingerprint density at radius 1 is 1.12 bits per heavy atom. The second kappa shape index (κ2) is 7.15. The molecule has 1 aromatic carbocycles. The molecular formula is C18H22N2O6. The summed E-state index contributed by atoms with van der Waals surface area (Å²) in [6.07, 6.45) is -0.688. The summed E-state index contributed by atoms with van der Waals surface area (Å²) >= 11 is 0. The zero-order valence-corrected chi connectivity index (χ0v) is 15.4. The number of carbonyl (C=O) groups is 4. The monoisotopic (exact) mass is 362 g/mol. The second-order valence-corrected chi connectivity index (χ2v) is 6.80. The van der Waals surface area contributed by atoms with Gasteiger partial charge in [-0.2, -0.15) is 0 Å². The average molecular weight is 362 g/mol. The van der Waals surface area contributed by atoms with Crippen LogP contribution in [0.5, 0.6) is 0 Å². The molecule has 26 heavy (non-hydrogen) atoms. The molecular weight excluding hydrogens is 340 g/mol. The van der Waals surface area contributed by atoms with Gasteiger partial charge in [0.25, 0.3) is 11.8 Å². The summed E-state index contributed by atoms with van der Waals surface area (Å²) in [7, 11) is 0. The van der Waals surface area contributed by atoms with E-state index in [4.69, 9.17) is 9.57 Å². The van der Waals surface area contributed by atoms with E-state index in [1.807, 2.05) is 0 Å². The van der Waals surface area contributed by atoms with E-state index in [1.54, 1.807) is 39.8 Å². The highest BCUT2D eigenvalue weighted by atomic mass is 16.7. The summed E-state index contributed by atoms with van der Waals surface area (Å²) in [5, 5.41) is 0.423. The molecule has 140 valence electrons. The molecule has 8 heteroatoms. The van der Waals surface area contributed by atoms with Crippen LogP contribution in [0.4, 0.5) is 4.79 Å². The maximum Gasteiger partial charge on any atom is 0.411 e. The third-order valence-corrected chi connectivity index (χ3v) is 3.72. The maximum atomic E-state index is 12.4. The van der Waals surface area contributed by atoms with Crippen LogP contribution in [0.25, 0.3) is 0 Å². The van der Waals surface area contributed by atoms with E-state index in [0.717, 1.165) is 4.90 Å². The van der Waals surface area contributed by atoms with Crippen LogP contribution in [0.2, 0.25) is 0 Å². The number of hydroxylamine groups is 2. The molecule has 1 aliphatic heterocycles. The third kappa shape index (κ3) is 3.84. The summed E-state index contributed by atoms with van der Waals surface area (Å²) in [6.45, 7) is 8.43. The third-order valence-electron chi connectivity index (χ3n) is 3.72. The van der Waals surface area contributed by atoms with Crippen molar-refractivity contribution in [2.24, 2.45) is 0 Å². The molecule has 0 aromatic heterocycles. The molecule has 0 saturated carbocycles. The molecule has 0 bridgehead atoms. The Balaban J connectivity index is 2.11. The van der Waals surface area contributed by atoms with Crippen molar-refractivity contribution in [3.05, 3.63) is 35.4 Å². The van der Waals surface area contributed by atoms with Gasteiger partial charge in [0.15, 0.2) is 0 Å². The summed E-state index contributed by atoms with van der Waals surface area (Å²) in [6, 6.07) is 5.13. The van der Waals surface area contributed by atoms with Crippen LogP contribution in [-0.4, -0.2) is 52.0 Å². The molecule has 0 saturated heterocycles. The van der Waals surface area contributed by atoms with E-state index in [2.05, 4.69) is 0 Å². The predicted molar refractivity (Wildman–Crippen MR) is 91.1 cm³/mol. The Labute approximate surface area is 151 Å². The van der Waals surface area contributed by atoms with Crippen molar-refractivity contribution < 1.29 is 28.8 Å². The fourth-order valence-corrected chi connectivity index (χ4v) is 2.43. The number of carbonyl (C=O) groups excluding carboxylic acids is 4. The molecule has 0 spiro atoms. The minimum atomic E-state index is -1.04. The standard InChI is InChI=1S/C18H22N2O6/c1-6-19(17(24)25-18(3,4)5)11(2)16(23)26-20-14(21)12-9-7-8-10-13(12)15(20)22/h7-11H,6H2,1-5H3. The average Bonchev–Trinajstić information content (AvgIpc) is 2.79. The summed E-state index contributed by atoms with van der Waals surface area (Å²) in [5.41, 5.74) is -0.397. The van der Waals surface area contributed by atoms with Crippen molar-refractivity contribution in [3.63, 3.8) is 0 Å². The van der Waals surface area contributed by atoms with Crippen LogP contribution in [0.1, 0.15) is 55.3 Å². The number of likely N-dealkylation sites (N-methyl/N-ethyl adjacent to an activating group) is 1. The quantitative estimate of drug-likeness (QED) is 0.764. The number of rotatable bonds is 4. The molecule has 8 nitrogen and oxygen atoms in total. The normalized spacial score (nSPS) is 14.7. The smallest absolute Gasteiger partial charge is 0.411 e. The highest BCUT2D eigenvalue weighted by Crippen LogP contribution is 2.23. The molecule has 1 aromatic rings. The number of nitrogens with zero attached hydrogens (tertiary/aromatic N) is 2. The summed E-state index contributed by atoms with van der Waals surface area (Å²) in [4.78, 5) is 55.3. The lowest BCUT2D eigenvalue weighted by molar-refractivity contribution is -0.174. The fourth-order valence-electron chi connectivity index (χ4n) is 2.43. The minimum Gasteiger partial charge on any atom is -0.444 e. The first kappa shape index (κ1) is 19.4. The molecule has 0 N–H and O–H groups in total. The number of amides is 3. The summed E-state index contributed by atoms with van der Waals surface area (Å²) < 4.78 is 5.26. The van der Waals surface area contributed by atoms with Crippen LogP contribution < -0.4 is 0 Å². The van der Waals surface area contributed by atoms with Crippen molar-refractivity contribution in [2.45, 2.75) is 46.3 Å². The molecule has 0 fully saturated rings. The van der Waals surface area contributed by atoms with Crippen LogP contribution >= 0.6 is 0 Å². The lowest BCUT2D eigenvalue weighted by Gasteiger charge is -2.30. The number of hydrogen-bond donors (Lipinski definition) is 0. The van der Waals surface area contributed by atoms with Gasteiger partial charge in [0.05, 0.1) is 11.1 Å². The van der Waals surface area contributed by atoms with Gasteiger partial charge in [0, 0.05) is 6.54 Å². The van der Waals surface area contributed by atoms with E-state index >= 15 is 0 Å². The van der Waals surface area contributed by atoms with Crippen LogP contribution in [0.3, 0.4) is 0 Å². The van der Waals surface area contributed by atoms with E-state index < -0.39 is 35.5 Å². The number of hydrogen-bond acceptors (Lipinski definition) is 6. The molecule has 0 radical (unpaired) electrons. The Morgan fingerprint density at radius 3 is 2.04 bits per heavy atom. The van der Waals surface area contributed by atoms with Crippen molar-refractivity contribution in [3.8, 4) is 0 Å². The van der Waals surface area contributed by atoms with Crippen LogP contribution in [0, 0.1) is 0 Å². The molecule has 2 rings (SSSR count). The SMILES string of the molecule is CCN(C(=O)OC(C)(C)C)C(C)C(=O)ON1C(=O)c2ccccc2C1=O. The van der Waals surface area contributed by atoms with Gasteiger partial charge >= 0.3 is 12.1 Å². The highest BCUT2D eigenvalue weighted by molar-refractivity contribution is 6.20. The molecule has 1 atom stereocenters. The summed E-state index contributed by atoms with van der Waals surface area (Å²) in [5.74, 6) is -2.34. The first-order valence-corrected chi connectivity index (χ1v) is 8.26. The van der Waals surface area contributed by atoms with Gasteiger partial charge < -0.3 is 9.57 Å². The molecule has 0 aliphatic carbocycles. The zero-order valence-electron chi connectivity index (χ0n) is 15.4. The first-order valence-electron chi connectivity index (χ1n) is 8.26. The van der Waals surface area contributed by atoms with E-state index in [1.165, 1.54) is 19.1 Å². The van der Waals surface area contributed by atoms with Gasteiger partial charge in [-0.1, -0.05) is 17.2 Å². The number of fused-ring (bicyclic) bond motifs is 1. The van der Waals surface area contributed by atoms with E-state index in [-0.39, 0.29) is 17.7 Å². The Kier molecular flexibility index (Phi) is 5.34. The van der Waals surface area contributed by atoms with Crippen molar-refractivity contribution in [1.82, 2.24) is 9.96 Å². The van der Waals surface area contributed by atoms with Gasteiger partial charge in [-0.3, -0.25) is 14.5 Å². The molecule has 1 heterocycles. The Bertz CT molecular complexity index is 717. The number of ether oxygens (including phenoxy) is 1. The lowest BCUT2D eigenvalue weighted by atomic mass is 10.1. The van der Waals surface area contributed by atoms with Gasteiger partial charge in [-0.15, -0.1) is 0 Å². The van der Waals surface area contributed by atoms with Gasteiger partial charge in [0.1, 0.15) is 11.6 Å². The Morgan fingerprint density at radius 2 is 1.62 bits per heavy atom. The lowest BCUT2D eigenvalue weighted by Crippen LogP contribution is -2.48. The van der Waals surface area contributed by atoms with Crippen LogP contribution in [-0.2, 0) is 14.4 Å². The fraction of sp³-hybridized carbons (Fsp3) is 0.444. The Hall–Kier alpha value is -2.90. The molecule has 3 amide bonds. The predicted octanol–water partition coefficient (Wildman–Crippen LogP) is 2.39. The van der Waals surface area contributed by atoms with Gasteiger partial charge in [-0.05, 0) is 46.8 Å². The van der Waals surface area contributed by atoms with Gasteiger partial charge in [0.2, 0.25) is 0 Å². The van der Waals surface area contributed by atoms with Crippen LogP contribution in [0.15, 0.2) is 24.3 Å². The number of benzene rings is 1. The largest absolute Gasteiger partial charge is 0.444 e. The highest BCUT2D eigenvalue weighted by Gasteiger charge is 2.40. The number of imide groups is 1. The van der Waals surface area contributed by atoms with Crippen molar-refractivity contribution in [1.29, 1.82) is 0 Å². The van der Waals surface area contributed by atoms with Crippen molar-refractivity contribution in [2.75, 3.05) is 6.54 Å². The van der Waals surface area contributed by atoms with E-state index in [9.17, 15) is 19.2 Å². The van der Waals surface area contributed by atoms with Crippen molar-refractivity contribution >= 4 is 23.9 Å². The van der Waals surface area contributed by atoms with E-state index in [0.29, 0.717) is 5.06 Å². The second-order valence-electron chi connectivity index (χ2n) is 6.80. The van der Waals surface area contributed by atoms with Gasteiger partial charge in [-0.25, -0.2) is 9.59 Å². The first-order chi connectivity index (χ1) is 12.1.